The maximum absolute atomic E-state index is 12.5. The largest absolute Gasteiger partial charge is 0.450 e. The molecule has 0 unspecified atom stereocenters. The van der Waals surface area contributed by atoms with Crippen molar-refractivity contribution < 1.29 is 14.3 Å². The van der Waals surface area contributed by atoms with Gasteiger partial charge >= 0.3 is 6.09 Å². The van der Waals surface area contributed by atoms with Crippen molar-refractivity contribution in [3.63, 3.8) is 0 Å². The van der Waals surface area contributed by atoms with Crippen LogP contribution in [0.4, 0.5) is 10.5 Å². The minimum Gasteiger partial charge on any atom is -0.450 e. The number of nitrogens with one attached hydrogen (secondary N) is 2. The number of pyridine rings is 2. The second-order valence-electron chi connectivity index (χ2n) is 6.57. The van der Waals surface area contributed by atoms with E-state index in [1.54, 1.807) is 36.5 Å². The zero-order valence-electron chi connectivity index (χ0n) is 15.9. The Balaban J connectivity index is 1.50. The Hall–Kier alpha value is -3.16. The number of anilines is 1. The molecule has 0 atom stereocenters. The van der Waals surface area contributed by atoms with Crippen molar-refractivity contribution >= 4 is 17.7 Å². The quantitative estimate of drug-likeness (QED) is 0.795. The SMILES string of the molecule is CCOC(=O)N1CCC(NC(=O)c2cc(NCc3ccncc3)ccn2)CC1. The molecule has 2 N–H and O–H groups in total. The van der Waals surface area contributed by atoms with Gasteiger partial charge in [0, 0.05) is 50.0 Å². The van der Waals surface area contributed by atoms with Gasteiger partial charge in [0.05, 0.1) is 6.61 Å². The van der Waals surface area contributed by atoms with Gasteiger partial charge in [-0.3, -0.25) is 14.8 Å². The van der Waals surface area contributed by atoms with Crippen molar-refractivity contribution in [2.75, 3.05) is 25.0 Å². The van der Waals surface area contributed by atoms with Gasteiger partial charge in [-0.2, -0.15) is 0 Å². The van der Waals surface area contributed by atoms with Crippen LogP contribution in [0.2, 0.25) is 0 Å². The van der Waals surface area contributed by atoms with Crippen LogP contribution in [0.3, 0.4) is 0 Å². The van der Waals surface area contributed by atoms with E-state index in [1.807, 2.05) is 18.2 Å². The Morgan fingerprint density at radius 2 is 1.93 bits per heavy atom. The lowest BCUT2D eigenvalue weighted by Gasteiger charge is -2.31. The third-order valence-corrected chi connectivity index (χ3v) is 4.59. The summed E-state index contributed by atoms with van der Waals surface area (Å²) in [5.41, 5.74) is 2.30. The Labute approximate surface area is 164 Å². The molecule has 148 valence electrons. The molecule has 3 rings (SSSR count). The molecule has 2 amide bonds. The summed E-state index contributed by atoms with van der Waals surface area (Å²) in [6.45, 7) is 3.94. The first kappa shape index (κ1) is 19.6. The summed E-state index contributed by atoms with van der Waals surface area (Å²) in [7, 11) is 0. The lowest BCUT2D eigenvalue weighted by molar-refractivity contribution is 0.0856. The zero-order chi connectivity index (χ0) is 19.8. The fourth-order valence-corrected chi connectivity index (χ4v) is 3.05. The predicted molar refractivity (Wildman–Crippen MR) is 105 cm³/mol. The van der Waals surface area contributed by atoms with Gasteiger partial charge < -0.3 is 20.3 Å². The normalized spacial score (nSPS) is 14.4. The number of rotatable bonds is 6. The van der Waals surface area contributed by atoms with E-state index in [-0.39, 0.29) is 18.0 Å². The highest BCUT2D eigenvalue weighted by Gasteiger charge is 2.25. The van der Waals surface area contributed by atoms with Gasteiger partial charge in [-0.25, -0.2) is 4.79 Å². The van der Waals surface area contributed by atoms with E-state index in [0.717, 1.165) is 11.3 Å². The summed E-state index contributed by atoms with van der Waals surface area (Å²) in [4.78, 5) is 34.1. The summed E-state index contributed by atoms with van der Waals surface area (Å²) in [5, 5.41) is 6.30. The van der Waals surface area contributed by atoms with E-state index in [9.17, 15) is 9.59 Å². The molecule has 8 nitrogen and oxygen atoms in total. The summed E-state index contributed by atoms with van der Waals surface area (Å²) in [5.74, 6) is -0.206. The number of hydrogen-bond donors (Lipinski definition) is 2. The minimum atomic E-state index is -0.290. The first-order valence-electron chi connectivity index (χ1n) is 9.47. The fraction of sp³-hybridized carbons (Fsp3) is 0.400. The number of aromatic nitrogens is 2. The monoisotopic (exact) mass is 383 g/mol. The van der Waals surface area contributed by atoms with Crippen LogP contribution in [0.1, 0.15) is 35.8 Å². The molecule has 2 aromatic heterocycles. The number of ether oxygens (including phenoxy) is 1. The smallest absolute Gasteiger partial charge is 0.409 e. The van der Waals surface area contributed by atoms with Gasteiger partial charge in [-0.1, -0.05) is 0 Å². The highest BCUT2D eigenvalue weighted by molar-refractivity contribution is 5.93. The molecule has 0 spiro atoms. The summed E-state index contributed by atoms with van der Waals surface area (Å²) in [6, 6.07) is 7.46. The van der Waals surface area contributed by atoms with Crippen LogP contribution in [-0.2, 0) is 11.3 Å². The van der Waals surface area contributed by atoms with Crippen LogP contribution in [0, 0.1) is 0 Å². The zero-order valence-corrected chi connectivity index (χ0v) is 15.9. The predicted octanol–water partition coefficient (Wildman–Crippen LogP) is 2.44. The Morgan fingerprint density at radius 3 is 2.64 bits per heavy atom. The molecule has 8 heteroatoms. The standard InChI is InChI=1S/C20H25N5O3/c1-2-28-20(27)25-11-6-16(7-12-25)24-19(26)18-13-17(5-10-22-18)23-14-15-3-8-21-9-4-15/h3-5,8-10,13,16H,2,6-7,11-12,14H2,1H3,(H,22,23)(H,24,26). The molecule has 0 aliphatic carbocycles. The van der Waals surface area contributed by atoms with Crippen molar-refractivity contribution in [2.45, 2.75) is 32.4 Å². The maximum atomic E-state index is 12.5. The Kier molecular flexibility index (Phi) is 6.78. The number of carbonyl (C=O) groups excluding carboxylic acids is 2. The molecule has 1 aliphatic heterocycles. The van der Waals surface area contributed by atoms with E-state index >= 15 is 0 Å². The molecule has 1 fully saturated rings. The van der Waals surface area contributed by atoms with Gasteiger partial charge in [0.1, 0.15) is 5.69 Å². The van der Waals surface area contributed by atoms with Crippen molar-refractivity contribution in [1.29, 1.82) is 0 Å². The lowest BCUT2D eigenvalue weighted by atomic mass is 10.1. The number of likely N-dealkylation sites (tertiary alicyclic amines) is 1. The minimum absolute atomic E-state index is 0.0217. The number of carbonyl (C=O) groups is 2. The molecule has 0 bridgehead atoms. The first-order valence-corrected chi connectivity index (χ1v) is 9.47. The van der Waals surface area contributed by atoms with Crippen LogP contribution >= 0.6 is 0 Å². The summed E-state index contributed by atoms with van der Waals surface area (Å²) < 4.78 is 5.01. The van der Waals surface area contributed by atoms with Gasteiger partial charge in [0.2, 0.25) is 0 Å². The first-order chi connectivity index (χ1) is 13.7. The van der Waals surface area contributed by atoms with Crippen molar-refractivity contribution in [1.82, 2.24) is 20.2 Å². The molecular formula is C20H25N5O3. The second kappa shape index (κ2) is 9.68. The van der Waals surface area contributed by atoms with E-state index in [4.69, 9.17) is 4.74 Å². The third kappa shape index (κ3) is 5.42. The van der Waals surface area contributed by atoms with Crippen LogP contribution in [-0.4, -0.2) is 52.6 Å². The van der Waals surface area contributed by atoms with E-state index < -0.39 is 0 Å². The highest BCUT2D eigenvalue weighted by atomic mass is 16.6. The Bertz CT molecular complexity index is 791. The highest BCUT2D eigenvalue weighted by Crippen LogP contribution is 2.14. The van der Waals surface area contributed by atoms with Gasteiger partial charge in [-0.15, -0.1) is 0 Å². The molecule has 3 heterocycles. The molecule has 0 radical (unpaired) electrons. The third-order valence-electron chi connectivity index (χ3n) is 4.59. The van der Waals surface area contributed by atoms with E-state index in [1.165, 1.54) is 0 Å². The van der Waals surface area contributed by atoms with Crippen LogP contribution in [0.5, 0.6) is 0 Å². The van der Waals surface area contributed by atoms with Gasteiger partial charge in [0.25, 0.3) is 5.91 Å². The Morgan fingerprint density at radius 1 is 1.18 bits per heavy atom. The van der Waals surface area contributed by atoms with Crippen LogP contribution < -0.4 is 10.6 Å². The van der Waals surface area contributed by atoms with Crippen LogP contribution in [0.15, 0.2) is 42.9 Å². The van der Waals surface area contributed by atoms with Gasteiger partial charge in [-0.05, 0) is 49.6 Å². The molecular weight excluding hydrogens is 358 g/mol. The second-order valence-corrected chi connectivity index (χ2v) is 6.57. The summed E-state index contributed by atoms with van der Waals surface area (Å²) >= 11 is 0. The number of nitrogens with zero attached hydrogens (tertiary/aromatic N) is 3. The summed E-state index contributed by atoms with van der Waals surface area (Å²) in [6.07, 6.45) is 6.22. The number of amides is 2. The molecule has 1 aliphatic rings. The molecule has 0 aromatic carbocycles. The van der Waals surface area contributed by atoms with E-state index in [0.29, 0.717) is 44.8 Å². The topological polar surface area (TPSA) is 96.5 Å². The fourth-order valence-electron chi connectivity index (χ4n) is 3.05. The maximum Gasteiger partial charge on any atom is 0.409 e. The lowest BCUT2D eigenvalue weighted by Crippen LogP contribution is -2.46. The van der Waals surface area contributed by atoms with Gasteiger partial charge in [0.15, 0.2) is 0 Å². The van der Waals surface area contributed by atoms with Crippen molar-refractivity contribution in [3.8, 4) is 0 Å². The average Bonchev–Trinajstić information content (AvgIpc) is 2.74. The van der Waals surface area contributed by atoms with Crippen LogP contribution in [0.25, 0.3) is 0 Å². The number of hydrogen-bond acceptors (Lipinski definition) is 6. The average molecular weight is 383 g/mol. The van der Waals surface area contributed by atoms with Crippen molar-refractivity contribution in [3.05, 3.63) is 54.1 Å². The molecule has 0 saturated carbocycles. The van der Waals surface area contributed by atoms with E-state index in [2.05, 4.69) is 20.6 Å². The molecule has 28 heavy (non-hydrogen) atoms. The number of piperidine rings is 1. The van der Waals surface area contributed by atoms with Crippen molar-refractivity contribution in [2.24, 2.45) is 0 Å². The molecule has 2 aromatic rings. The molecule has 1 saturated heterocycles.